The molecule has 9 heteroatoms. The molecule has 2 heterocycles. The molecule has 1 saturated heterocycles. The molecule has 0 aliphatic carbocycles. The van der Waals surface area contributed by atoms with Gasteiger partial charge in [0.2, 0.25) is 11.8 Å². The van der Waals surface area contributed by atoms with Gasteiger partial charge in [0.05, 0.1) is 42.7 Å². The number of hydrogen-bond donors (Lipinski definition) is 3. The Labute approximate surface area is 245 Å². The molecule has 0 radical (unpaired) electrons. The van der Waals surface area contributed by atoms with Crippen molar-refractivity contribution < 1.29 is 24.2 Å². The second kappa shape index (κ2) is 14.2. The molecule has 5 rings (SSSR count). The van der Waals surface area contributed by atoms with E-state index in [1.54, 1.807) is 0 Å². The summed E-state index contributed by atoms with van der Waals surface area (Å²) in [5.41, 5.74) is 5.36. The first kappa shape index (κ1) is 29.4. The van der Waals surface area contributed by atoms with Crippen molar-refractivity contribution in [3.8, 4) is 0 Å². The zero-order valence-electron chi connectivity index (χ0n) is 23.9. The Morgan fingerprint density at radius 3 is 2.62 bits per heavy atom. The second-order valence-corrected chi connectivity index (χ2v) is 10.7. The summed E-state index contributed by atoms with van der Waals surface area (Å²) < 4.78 is 15.1. The van der Waals surface area contributed by atoms with Crippen LogP contribution in [0.5, 0.6) is 0 Å². The van der Waals surface area contributed by atoms with Crippen molar-refractivity contribution in [1.82, 2.24) is 14.9 Å². The number of nitrogens with one attached hydrogen (secondary N) is 2. The molecule has 0 unspecified atom stereocenters. The Balaban J connectivity index is 1.27. The molecule has 1 fully saturated rings. The highest BCUT2D eigenvalue weighted by Crippen LogP contribution is 2.39. The number of benzene rings is 3. The Bertz CT molecular complexity index is 1490. The van der Waals surface area contributed by atoms with Crippen molar-refractivity contribution in [2.45, 2.75) is 70.7 Å². The fourth-order valence-electron chi connectivity index (χ4n) is 5.25. The molecule has 3 atom stereocenters. The topological polar surface area (TPSA) is 115 Å². The number of aliphatic hydroxyl groups is 1. The zero-order chi connectivity index (χ0) is 29.3. The second-order valence-electron chi connectivity index (χ2n) is 10.7. The first-order chi connectivity index (χ1) is 20.5. The van der Waals surface area contributed by atoms with Gasteiger partial charge in [-0.25, -0.2) is 4.98 Å². The molecule has 3 N–H and O–H groups in total. The van der Waals surface area contributed by atoms with Crippen molar-refractivity contribution in [1.29, 1.82) is 0 Å². The SMILES string of the molecule is CC(=O)NCCCCCC(=O)Nc1cccc([C@H]2O[C@@H](Cn3cnc4ccccc43)C[C@@H](c3ccc(CO)cc3)O2)c1. The lowest BCUT2D eigenvalue weighted by Gasteiger charge is -2.36. The average molecular weight is 571 g/mol. The number of carbonyl (C=O) groups is 2. The minimum absolute atomic E-state index is 0.0105. The summed E-state index contributed by atoms with van der Waals surface area (Å²) in [5, 5.41) is 15.3. The molecule has 4 aromatic rings. The Morgan fingerprint density at radius 2 is 1.81 bits per heavy atom. The molecule has 0 bridgehead atoms. The summed E-state index contributed by atoms with van der Waals surface area (Å²) in [6, 6.07) is 23.5. The maximum atomic E-state index is 12.6. The van der Waals surface area contributed by atoms with Crippen LogP contribution in [0.25, 0.3) is 11.0 Å². The third-order valence-corrected chi connectivity index (χ3v) is 7.44. The highest BCUT2D eigenvalue weighted by Gasteiger charge is 2.32. The first-order valence-corrected chi connectivity index (χ1v) is 14.5. The summed E-state index contributed by atoms with van der Waals surface area (Å²) in [7, 11) is 0. The predicted molar refractivity (Wildman–Crippen MR) is 160 cm³/mol. The molecular formula is C33H38N4O5. The van der Waals surface area contributed by atoms with Crippen LogP contribution < -0.4 is 10.6 Å². The van der Waals surface area contributed by atoms with Gasteiger partial charge < -0.3 is 29.8 Å². The van der Waals surface area contributed by atoms with E-state index in [4.69, 9.17) is 9.47 Å². The zero-order valence-corrected chi connectivity index (χ0v) is 23.9. The van der Waals surface area contributed by atoms with Gasteiger partial charge in [-0.3, -0.25) is 9.59 Å². The average Bonchev–Trinajstić information content (AvgIpc) is 3.41. The number of unbranched alkanes of at least 4 members (excludes halogenated alkanes) is 2. The maximum Gasteiger partial charge on any atom is 0.224 e. The monoisotopic (exact) mass is 570 g/mol. The molecule has 1 aliphatic rings. The molecule has 0 spiro atoms. The van der Waals surface area contributed by atoms with E-state index in [1.165, 1.54) is 6.92 Å². The van der Waals surface area contributed by atoms with E-state index >= 15 is 0 Å². The highest BCUT2D eigenvalue weighted by atomic mass is 16.7. The smallest absolute Gasteiger partial charge is 0.224 e. The van der Waals surface area contributed by atoms with Crippen molar-refractivity contribution >= 4 is 28.5 Å². The van der Waals surface area contributed by atoms with Gasteiger partial charge in [0.1, 0.15) is 0 Å². The van der Waals surface area contributed by atoms with Crippen LogP contribution in [0.2, 0.25) is 0 Å². The largest absolute Gasteiger partial charge is 0.392 e. The van der Waals surface area contributed by atoms with Crippen LogP contribution in [0.15, 0.2) is 79.1 Å². The highest BCUT2D eigenvalue weighted by molar-refractivity contribution is 5.90. The molecule has 42 heavy (non-hydrogen) atoms. The van der Waals surface area contributed by atoms with Crippen molar-refractivity contribution in [3.63, 3.8) is 0 Å². The molecule has 9 nitrogen and oxygen atoms in total. The van der Waals surface area contributed by atoms with Crippen LogP contribution >= 0.6 is 0 Å². The van der Waals surface area contributed by atoms with Crippen molar-refractivity contribution in [2.24, 2.45) is 0 Å². The van der Waals surface area contributed by atoms with Gasteiger partial charge in [-0.15, -0.1) is 0 Å². The van der Waals surface area contributed by atoms with Crippen LogP contribution in [0.4, 0.5) is 5.69 Å². The number of imidazole rings is 1. The van der Waals surface area contributed by atoms with E-state index in [2.05, 4.69) is 26.3 Å². The number of aliphatic hydroxyl groups excluding tert-OH is 1. The quantitative estimate of drug-likeness (QED) is 0.196. The standard InChI is InChI=1S/C33H38N4O5/c1-23(39)34-17-6-2-3-12-32(40)36-27-9-7-8-26(18-27)33-41-28(20-37-22-35-29-10-4-5-11-30(29)37)19-31(42-33)25-15-13-24(21-38)14-16-25/h4-5,7-11,13-16,18,22,28,31,33,38H,2-3,6,12,17,19-21H2,1H3,(H,34,39)(H,36,40)/t28-,31+,33+/m1/s1. The van der Waals surface area contributed by atoms with Crippen LogP contribution in [-0.2, 0) is 32.2 Å². The lowest BCUT2D eigenvalue weighted by molar-refractivity contribution is -0.252. The number of ether oxygens (including phenoxy) is 2. The number of anilines is 1. The third-order valence-electron chi connectivity index (χ3n) is 7.44. The van der Waals surface area contributed by atoms with Crippen LogP contribution in [0, 0.1) is 0 Å². The summed E-state index contributed by atoms with van der Waals surface area (Å²) >= 11 is 0. The van der Waals surface area contributed by atoms with Crippen molar-refractivity contribution in [3.05, 3.63) is 95.8 Å². The van der Waals surface area contributed by atoms with Gasteiger partial charge in [0.15, 0.2) is 6.29 Å². The first-order valence-electron chi connectivity index (χ1n) is 14.5. The normalized spacial score (nSPS) is 18.6. The van der Waals surface area contributed by atoms with Crippen LogP contribution in [-0.4, -0.2) is 39.1 Å². The van der Waals surface area contributed by atoms with Gasteiger partial charge >= 0.3 is 0 Å². The number of rotatable bonds is 12. The fourth-order valence-corrected chi connectivity index (χ4v) is 5.25. The Morgan fingerprint density at radius 1 is 0.976 bits per heavy atom. The molecule has 0 saturated carbocycles. The Kier molecular flexibility index (Phi) is 9.97. The Hall–Kier alpha value is -4.05. The van der Waals surface area contributed by atoms with Gasteiger partial charge in [-0.1, -0.05) is 55.0 Å². The van der Waals surface area contributed by atoms with E-state index in [9.17, 15) is 14.7 Å². The van der Waals surface area contributed by atoms with E-state index in [0.29, 0.717) is 31.6 Å². The van der Waals surface area contributed by atoms with E-state index in [0.717, 1.165) is 47.0 Å². The third kappa shape index (κ3) is 7.82. The van der Waals surface area contributed by atoms with E-state index in [1.807, 2.05) is 73.1 Å². The van der Waals surface area contributed by atoms with Gasteiger partial charge in [0.25, 0.3) is 0 Å². The number of carbonyl (C=O) groups excluding carboxylic acids is 2. The molecular weight excluding hydrogens is 532 g/mol. The predicted octanol–water partition coefficient (Wildman–Crippen LogP) is 5.41. The van der Waals surface area contributed by atoms with Gasteiger partial charge in [-0.05, 0) is 48.2 Å². The van der Waals surface area contributed by atoms with E-state index in [-0.39, 0.29) is 30.6 Å². The van der Waals surface area contributed by atoms with Crippen LogP contribution in [0.3, 0.4) is 0 Å². The lowest BCUT2D eigenvalue weighted by Crippen LogP contribution is -2.32. The molecule has 2 amide bonds. The van der Waals surface area contributed by atoms with Crippen LogP contribution in [0.1, 0.15) is 68.1 Å². The molecule has 1 aromatic heterocycles. The molecule has 1 aliphatic heterocycles. The number of para-hydroxylation sites is 2. The van der Waals surface area contributed by atoms with E-state index < -0.39 is 6.29 Å². The summed E-state index contributed by atoms with van der Waals surface area (Å²) in [6.45, 7) is 2.74. The summed E-state index contributed by atoms with van der Waals surface area (Å²) in [4.78, 5) is 28.1. The number of amides is 2. The van der Waals surface area contributed by atoms with Gasteiger partial charge in [-0.2, -0.15) is 0 Å². The van der Waals surface area contributed by atoms with Gasteiger partial charge in [0, 0.05) is 37.6 Å². The number of hydrogen-bond acceptors (Lipinski definition) is 6. The molecule has 3 aromatic carbocycles. The number of aromatic nitrogens is 2. The number of fused-ring (bicyclic) bond motifs is 1. The molecule has 220 valence electrons. The maximum absolute atomic E-state index is 12.6. The number of nitrogens with zero attached hydrogens (tertiary/aromatic N) is 2. The summed E-state index contributed by atoms with van der Waals surface area (Å²) in [5.74, 6) is -0.0881. The lowest BCUT2D eigenvalue weighted by atomic mass is 10.00. The summed E-state index contributed by atoms with van der Waals surface area (Å²) in [6.07, 6.45) is 4.37. The minimum atomic E-state index is -0.633. The van der Waals surface area contributed by atoms with Crippen molar-refractivity contribution in [2.75, 3.05) is 11.9 Å². The fraction of sp³-hybridized carbons (Fsp3) is 0.364. The minimum Gasteiger partial charge on any atom is -0.392 e.